The molecule has 2 aromatic heterocycles. The average molecular weight is 340 g/mol. The number of H-pyrrole nitrogens is 2. The summed E-state index contributed by atoms with van der Waals surface area (Å²) in [5.74, 6) is -1.04. The second kappa shape index (κ2) is 6.60. The Labute approximate surface area is 142 Å². The van der Waals surface area contributed by atoms with Crippen molar-refractivity contribution in [3.63, 3.8) is 0 Å². The van der Waals surface area contributed by atoms with Crippen molar-refractivity contribution < 1.29 is 9.53 Å². The van der Waals surface area contributed by atoms with Crippen molar-refractivity contribution in [2.24, 2.45) is 0 Å². The van der Waals surface area contributed by atoms with Gasteiger partial charge in [0.05, 0.1) is 17.1 Å². The molecular weight excluding hydrogens is 324 g/mol. The summed E-state index contributed by atoms with van der Waals surface area (Å²) in [5, 5.41) is 2.91. The van der Waals surface area contributed by atoms with Crippen LogP contribution in [-0.4, -0.2) is 27.5 Å². The number of nitrogens with one attached hydrogen (secondary N) is 3. The molecule has 0 aromatic carbocycles. The van der Waals surface area contributed by atoms with Gasteiger partial charge in [-0.05, 0) is 18.6 Å². The van der Waals surface area contributed by atoms with Crippen LogP contribution in [0.2, 0.25) is 0 Å². The standard InChI is InChI=1S/C17H16N4O4/c1-3-7-25-16(23)11-9(2)19-14-13(15(22)21-17(24)20-14)12(11)10-5-4-6-18-8-10/h3-6,8,12H,1,7H2,2H3,(H3,19,20,21,22,24)/t12-/m0/s1. The van der Waals surface area contributed by atoms with Gasteiger partial charge in [-0.2, -0.15) is 0 Å². The Hall–Kier alpha value is -3.42. The van der Waals surface area contributed by atoms with Gasteiger partial charge in [-0.25, -0.2) is 9.59 Å². The highest BCUT2D eigenvalue weighted by Crippen LogP contribution is 2.38. The molecule has 0 unspecified atom stereocenters. The van der Waals surface area contributed by atoms with Crippen LogP contribution in [0.3, 0.4) is 0 Å². The maximum atomic E-state index is 12.6. The molecule has 0 spiro atoms. The van der Waals surface area contributed by atoms with Crippen molar-refractivity contribution in [3.05, 3.63) is 80.4 Å². The molecule has 128 valence electrons. The lowest BCUT2D eigenvalue weighted by molar-refractivity contribution is -0.138. The van der Waals surface area contributed by atoms with Crippen LogP contribution >= 0.6 is 0 Å². The molecule has 3 heterocycles. The number of pyridine rings is 1. The quantitative estimate of drug-likeness (QED) is 0.565. The van der Waals surface area contributed by atoms with Gasteiger partial charge in [-0.1, -0.05) is 18.7 Å². The van der Waals surface area contributed by atoms with Gasteiger partial charge in [0, 0.05) is 18.1 Å². The van der Waals surface area contributed by atoms with Gasteiger partial charge in [0.25, 0.3) is 5.56 Å². The van der Waals surface area contributed by atoms with E-state index in [0.717, 1.165) is 0 Å². The molecule has 0 bridgehead atoms. The van der Waals surface area contributed by atoms with E-state index < -0.39 is 23.1 Å². The van der Waals surface area contributed by atoms with Crippen LogP contribution < -0.4 is 16.6 Å². The van der Waals surface area contributed by atoms with Crippen LogP contribution in [0.4, 0.5) is 5.82 Å². The maximum Gasteiger partial charge on any atom is 0.337 e. The molecule has 8 nitrogen and oxygen atoms in total. The van der Waals surface area contributed by atoms with Gasteiger partial charge in [0.15, 0.2) is 0 Å². The molecule has 2 aromatic rings. The van der Waals surface area contributed by atoms with Crippen molar-refractivity contribution in [1.29, 1.82) is 0 Å². The van der Waals surface area contributed by atoms with Crippen molar-refractivity contribution in [2.75, 3.05) is 11.9 Å². The third-order valence-corrected chi connectivity index (χ3v) is 3.84. The first-order valence-electron chi connectivity index (χ1n) is 7.55. The summed E-state index contributed by atoms with van der Waals surface area (Å²) < 4.78 is 5.17. The van der Waals surface area contributed by atoms with E-state index in [4.69, 9.17) is 4.74 Å². The van der Waals surface area contributed by atoms with E-state index in [-0.39, 0.29) is 23.6 Å². The van der Waals surface area contributed by atoms with E-state index in [1.165, 1.54) is 6.08 Å². The smallest absolute Gasteiger partial charge is 0.337 e. The van der Waals surface area contributed by atoms with Crippen LogP contribution in [0, 0.1) is 0 Å². The van der Waals surface area contributed by atoms with Crippen molar-refractivity contribution >= 4 is 11.8 Å². The highest BCUT2D eigenvalue weighted by atomic mass is 16.5. The van der Waals surface area contributed by atoms with Crippen LogP contribution in [0.5, 0.6) is 0 Å². The molecule has 0 fully saturated rings. The highest BCUT2D eigenvalue weighted by molar-refractivity contribution is 5.94. The summed E-state index contributed by atoms with van der Waals surface area (Å²) in [7, 11) is 0. The predicted molar refractivity (Wildman–Crippen MR) is 91.2 cm³/mol. The number of aromatic amines is 2. The number of ether oxygens (including phenoxy) is 1. The third kappa shape index (κ3) is 3.01. The van der Waals surface area contributed by atoms with E-state index in [2.05, 4.69) is 26.8 Å². The van der Waals surface area contributed by atoms with Crippen LogP contribution in [0.25, 0.3) is 0 Å². The average Bonchev–Trinajstić information content (AvgIpc) is 2.59. The fraction of sp³-hybridized carbons (Fsp3) is 0.176. The Morgan fingerprint density at radius 2 is 2.20 bits per heavy atom. The Morgan fingerprint density at radius 3 is 2.88 bits per heavy atom. The van der Waals surface area contributed by atoms with Gasteiger partial charge in [-0.15, -0.1) is 0 Å². The summed E-state index contributed by atoms with van der Waals surface area (Å²) in [4.78, 5) is 45.4. The number of allylic oxidation sites excluding steroid dienone is 1. The maximum absolute atomic E-state index is 12.6. The minimum absolute atomic E-state index is 0.0458. The highest BCUT2D eigenvalue weighted by Gasteiger charge is 2.36. The number of fused-ring (bicyclic) bond motifs is 1. The fourth-order valence-electron chi connectivity index (χ4n) is 2.85. The second-order valence-electron chi connectivity index (χ2n) is 5.47. The largest absolute Gasteiger partial charge is 0.458 e. The summed E-state index contributed by atoms with van der Waals surface area (Å²) in [6.07, 6.45) is 4.62. The molecule has 1 atom stereocenters. The molecule has 3 N–H and O–H groups in total. The SMILES string of the molecule is C=CCOC(=O)C1=C(C)Nc2[nH]c(=O)[nH]c(=O)c2[C@H]1c1cccnc1. The van der Waals surface area contributed by atoms with Gasteiger partial charge in [-0.3, -0.25) is 19.7 Å². The fourth-order valence-corrected chi connectivity index (χ4v) is 2.85. The lowest BCUT2D eigenvalue weighted by Crippen LogP contribution is -2.35. The molecule has 0 radical (unpaired) electrons. The van der Waals surface area contributed by atoms with Gasteiger partial charge < -0.3 is 10.1 Å². The Balaban J connectivity index is 2.23. The first-order chi connectivity index (χ1) is 12.0. The molecule has 3 rings (SSSR count). The lowest BCUT2D eigenvalue weighted by atomic mass is 9.83. The van der Waals surface area contributed by atoms with E-state index in [9.17, 15) is 14.4 Å². The molecule has 1 aliphatic rings. The van der Waals surface area contributed by atoms with Crippen LogP contribution in [-0.2, 0) is 9.53 Å². The van der Waals surface area contributed by atoms with Crippen molar-refractivity contribution in [1.82, 2.24) is 15.0 Å². The van der Waals surface area contributed by atoms with Crippen LogP contribution in [0.15, 0.2) is 58.0 Å². The normalized spacial score (nSPS) is 16.0. The Kier molecular flexibility index (Phi) is 4.34. The topological polar surface area (TPSA) is 117 Å². The summed E-state index contributed by atoms with van der Waals surface area (Å²) in [6, 6.07) is 3.46. The first-order valence-corrected chi connectivity index (χ1v) is 7.55. The summed E-state index contributed by atoms with van der Waals surface area (Å²) in [5.41, 5.74) is 0.404. The van der Waals surface area contributed by atoms with E-state index in [1.54, 1.807) is 31.5 Å². The molecule has 0 saturated carbocycles. The number of carbonyl (C=O) groups excluding carboxylic acids is 1. The van der Waals surface area contributed by atoms with Crippen molar-refractivity contribution in [2.45, 2.75) is 12.8 Å². The number of rotatable bonds is 4. The predicted octanol–water partition coefficient (Wildman–Crippen LogP) is 1.02. The lowest BCUT2D eigenvalue weighted by Gasteiger charge is -2.28. The summed E-state index contributed by atoms with van der Waals surface area (Å²) in [6.45, 7) is 5.24. The molecule has 25 heavy (non-hydrogen) atoms. The molecule has 0 saturated heterocycles. The van der Waals surface area contributed by atoms with E-state index >= 15 is 0 Å². The third-order valence-electron chi connectivity index (χ3n) is 3.84. The molecule has 0 aliphatic carbocycles. The van der Waals surface area contributed by atoms with Gasteiger partial charge >= 0.3 is 11.7 Å². The van der Waals surface area contributed by atoms with Crippen molar-refractivity contribution in [3.8, 4) is 0 Å². The molecule has 8 heteroatoms. The van der Waals surface area contributed by atoms with Crippen LogP contribution in [0.1, 0.15) is 24.0 Å². The summed E-state index contributed by atoms with van der Waals surface area (Å²) >= 11 is 0. The van der Waals surface area contributed by atoms with E-state index in [0.29, 0.717) is 11.3 Å². The molecule has 1 aliphatic heterocycles. The second-order valence-corrected chi connectivity index (χ2v) is 5.47. The minimum atomic E-state index is -0.720. The molecule has 0 amide bonds. The zero-order valence-electron chi connectivity index (χ0n) is 13.5. The number of aromatic nitrogens is 3. The van der Waals surface area contributed by atoms with E-state index in [1.807, 2.05) is 0 Å². The number of carbonyl (C=O) groups is 1. The first kappa shape index (κ1) is 16.4. The van der Waals surface area contributed by atoms with Gasteiger partial charge in [0.2, 0.25) is 0 Å². The number of nitrogens with zero attached hydrogens (tertiary/aromatic N) is 1. The number of anilines is 1. The number of hydrogen-bond acceptors (Lipinski definition) is 6. The molecular formula is C17H16N4O4. The Morgan fingerprint density at radius 1 is 1.40 bits per heavy atom. The monoisotopic (exact) mass is 340 g/mol. The zero-order valence-corrected chi connectivity index (χ0v) is 13.5. The zero-order chi connectivity index (χ0) is 18.0. The minimum Gasteiger partial charge on any atom is -0.458 e. The Bertz CT molecular complexity index is 972. The van der Waals surface area contributed by atoms with Gasteiger partial charge in [0.1, 0.15) is 12.4 Å². The number of esters is 1. The number of hydrogen-bond donors (Lipinski definition) is 3.